The highest BCUT2D eigenvalue weighted by molar-refractivity contribution is 5.84. The van der Waals surface area contributed by atoms with Crippen molar-refractivity contribution in [1.29, 1.82) is 0 Å². The van der Waals surface area contributed by atoms with Crippen molar-refractivity contribution in [3.05, 3.63) is 24.2 Å². The smallest absolute Gasteiger partial charge is 0.237 e. The van der Waals surface area contributed by atoms with Crippen LogP contribution in [-0.4, -0.2) is 23.9 Å². The zero-order valence-corrected chi connectivity index (χ0v) is 11.5. The standard InChI is InChI=1S/C13H21N3O3/c1-8(2)11(12(14)17)16-9(3)13(18)15-7-10-5-4-6-19-10/h4-6,8-9,11,16H,7H2,1-3H3,(H2,14,17)(H,15,18). The topological polar surface area (TPSA) is 97.4 Å². The van der Waals surface area contributed by atoms with Gasteiger partial charge in [0.25, 0.3) is 0 Å². The fraction of sp³-hybridized carbons (Fsp3) is 0.538. The van der Waals surface area contributed by atoms with E-state index < -0.39 is 18.0 Å². The fourth-order valence-corrected chi connectivity index (χ4v) is 1.69. The molecule has 0 saturated carbocycles. The lowest BCUT2D eigenvalue weighted by atomic mass is 10.0. The molecular formula is C13H21N3O3. The molecule has 2 atom stereocenters. The summed E-state index contributed by atoms with van der Waals surface area (Å²) in [6.45, 7) is 5.75. The van der Waals surface area contributed by atoms with Gasteiger partial charge in [0.15, 0.2) is 0 Å². The first kappa shape index (κ1) is 15.2. The molecule has 6 nitrogen and oxygen atoms in total. The highest BCUT2D eigenvalue weighted by atomic mass is 16.3. The molecule has 0 aromatic carbocycles. The van der Waals surface area contributed by atoms with E-state index in [2.05, 4.69) is 10.6 Å². The van der Waals surface area contributed by atoms with Gasteiger partial charge >= 0.3 is 0 Å². The molecule has 1 heterocycles. The molecule has 0 aliphatic heterocycles. The van der Waals surface area contributed by atoms with E-state index in [1.807, 2.05) is 13.8 Å². The number of furan rings is 1. The van der Waals surface area contributed by atoms with Gasteiger partial charge in [-0.1, -0.05) is 13.8 Å². The lowest BCUT2D eigenvalue weighted by Crippen LogP contribution is -2.53. The van der Waals surface area contributed by atoms with Crippen LogP contribution in [0.4, 0.5) is 0 Å². The summed E-state index contributed by atoms with van der Waals surface area (Å²) in [7, 11) is 0. The Morgan fingerprint density at radius 2 is 2.05 bits per heavy atom. The Morgan fingerprint density at radius 1 is 1.37 bits per heavy atom. The predicted molar refractivity (Wildman–Crippen MR) is 71.0 cm³/mol. The number of nitrogens with one attached hydrogen (secondary N) is 2. The first-order valence-corrected chi connectivity index (χ1v) is 6.27. The summed E-state index contributed by atoms with van der Waals surface area (Å²) >= 11 is 0. The number of hydrogen-bond acceptors (Lipinski definition) is 4. The molecule has 0 spiro atoms. The van der Waals surface area contributed by atoms with Gasteiger partial charge < -0.3 is 15.5 Å². The van der Waals surface area contributed by atoms with Gasteiger partial charge in [-0.3, -0.25) is 14.9 Å². The van der Waals surface area contributed by atoms with E-state index in [-0.39, 0.29) is 11.8 Å². The van der Waals surface area contributed by atoms with E-state index in [1.165, 1.54) is 0 Å². The minimum Gasteiger partial charge on any atom is -0.467 e. The third-order valence-electron chi connectivity index (χ3n) is 2.81. The van der Waals surface area contributed by atoms with E-state index in [1.54, 1.807) is 25.3 Å². The van der Waals surface area contributed by atoms with Crippen molar-refractivity contribution in [2.75, 3.05) is 0 Å². The zero-order chi connectivity index (χ0) is 14.4. The average molecular weight is 267 g/mol. The molecule has 4 N–H and O–H groups in total. The van der Waals surface area contributed by atoms with Crippen molar-refractivity contribution in [3.63, 3.8) is 0 Å². The van der Waals surface area contributed by atoms with Crippen LogP contribution in [0.15, 0.2) is 22.8 Å². The Balaban J connectivity index is 2.45. The average Bonchev–Trinajstić information content (AvgIpc) is 2.84. The molecule has 106 valence electrons. The summed E-state index contributed by atoms with van der Waals surface area (Å²) in [6.07, 6.45) is 1.55. The number of carbonyl (C=O) groups excluding carboxylic acids is 2. The normalized spacial score (nSPS) is 14.1. The van der Waals surface area contributed by atoms with Crippen molar-refractivity contribution in [3.8, 4) is 0 Å². The minimum atomic E-state index is -0.524. The van der Waals surface area contributed by atoms with Crippen LogP contribution in [0.25, 0.3) is 0 Å². The lowest BCUT2D eigenvalue weighted by molar-refractivity contribution is -0.124. The van der Waals surface area contributed by atoms with E-state index in [4.69, 9.17) is 10.2 Å². The van der Waals surface area contributed by atoms with Crippen LogP contribution in [0, 0.1) is 5.92 Å². The molecule has 0 aliphatic carbocycles. The highest BCUT2D eigenvalue weighted by Gasteiger charge is 2.24. The molecule has 19 heavy (non-hydrogen) atoms. The largest absolute Gasteiger partial charge is 0.467 e. The first-order valence-electron chi connectivity index (χ1n) is 6.27. The maximum Gasteiger partial charge on any atom is 0.237 e. The van der Waals surface area contributed by atoms with E-state index in [0.29, 0.717) is 12.3 Å². The van der Waals surface area contributed by atoms with Crippen LogP contribution in [0.1, 0.15) is 26.5 Å². The first-order chi connectivity index (χ1) is 8.91. The third kappa shape index (κ3) is 4.75. The second kappa shape index (κ2) is 6.94. The summed E-state index contributed by atoms with van der Waals surface area (Å²) in [5.41, 5.74) is 5.29. The Hall–Kier alpha value is -1.82. The summed E-state index contributed by atoms with van der Waals surface area (Å²) in [6, 6.07) is 2.50. The summed E-state index contributed by atoms with van der Waals surface area (Å²) in [5.74, 6) is 0.0395. The monoisotopic (exact) mass is 267 g/mol. The molecule has 2 amide bonds. The third-order valence-corrected chi connectivity index (χ3v) is 2.81. The maximum absolute atomic E-state index is 11.9. The second-order valence-electron chi connectivity index (χ2n) is 4.81. The van der Waals surface area contributed by atoms with Gasteiger partial charge in [0.1, 0.15) is 5.76 Å². The summed E-state index contributed by atoms with van der Waals surface area (Å²) < 4.78 is 5.11. The Labute approximate surface area is 112 Å². The number of amides is 2. The van der Waals surface area contributed by atoms with Gasteiger partial charge in [0, 0.05) is 0 Å². The van der Waals surface area contributed by atoms with E-state index in [9.17, 15) is 9.59 Å². The molecular weight excluding hydrogens is 246 g/mol. The quantitative estimate of drug-likeness (QED) is 0.665. The molecule has 2 unspecified atom stereocenters. The van der Waals surface area contributed by atoms with E-state index in [0.717, 1.165) is 0 Å². The number of rotatable bonds is 7. The molecule has 0 aliphatic rings. The predicted octanol–water partition coefficient (Wildman–Crippen LogP) is 0.384. The minimum absolute atomic E-state index is 0.0258. The summed E-state index contributed by atoms with van der Waals surface area (Å²) in [4.78, 5) is 23.1. The number of hydrogen-bond donors (Lipinski definition) is 3. The van der Waals surface area contributed by atoms with Crippen LogP contribution in [0.5, 0.6) is 0 Å². The SMILES string of the molecule is CC(NC(C(N)=O)C(C)C)C(=O)NCc1ccco1. The Morgan fingerprint density at radius 3 is 2.53 bits per heavy atom. The molecule has 6 heteroatoms. The molecule has 1 rings (SSSR count). The number of nitrogens with two attached hydrogens (primary N) is 1. The highest BCUT2D eigenvalue weighted by Crippen LogP contribution is 2.03. The van der Waals surface area contributed by atoms with Gasteiger partial charge in [-0.15, -0.1) is 0 Å². The molecule has 0 radical (unpaired) electrons. The van der Waals surface area contributed by atoms with Crippen LogP contribution in [0.2, 0.25) is 0 Å². The van der Waals surface area contributed by atoms with Crippen molar-refractivity contribution in [2.24, 2.45) is 11.7 Å². The molecule has 0 bridgehead atoms. The molecule has 1 aromatic rings. The lowest BCUT2D eigenvalue weighted by Gasteiger charge is -2.23. The molecule has 0 saturated heterocycles. The van der Waals surface area contributed by atoms with Gasteiger partial charge in [0.05, 0.1) is 24.9 Å². The molecule has 0 fully saturated rings. The number of carbonyl (C=O) groups is 2. The van der Waals surface area contributed by atoms with Gasteiger partial charge in [0.2, 0.25) is 11.8 Å². The van der Waals surface area contributed by atoms with Crippen molar-refractivity contribution in [2.45, 2.75) is 39.4 Å². The van der Waals surface area contributed by atoms with Crippen LogP contribution >= 0.6 is 0 Å². The molecule has 1 aromatic heterocycles. The summed E-state index contributed by atoms with van der Waals surface area (Å²) in [5, 5.41) is 5.65. The van der Waals surface area contributed by atoms with Crippen LogP contribution in [-0.2, 0) is 16.1 Å². The van der Waals surface area contributed by atoms with Crippen molar-refractivity contribution < 1.29 is 14.0 Å². The van der Waals surface area contributed by atoms with Crippen LogP contribution in [0.3, 0.4) is 0 Å². The Bertz CT molecular complexity index is 415. The van der Waals surface area contributed by atoms with Crippen molar-refractivity contribution >= 4 is 11.8 Å². The maximum atomic E-state index is 11.9. The van der Waals surface area contributed by atoms with Crippen LogP contribution < -0.4 is 16.4 Å². The van der Waals surface area contributed by atoms with Gasteiger partial charge in [-0.25, -0.2) is 0 Å². The fourth-order valence-electron chi connectivity index (χ4n) is 1.69. The van der Waals surface area contributed by atoms with Gasteiger partial charge in [-0.05, 0) is 25.0 Å². The van der Waals surface area contributed by atoms with Gasteiger partial charge in [-0.2, -0.15) is 0 Å². The van der Waals surface area contributed by atoms with E-state index >= 15 is 0 Å². The van der Waals surface area contributed by atoms with Crippen molar-refractivity contribution in [1.82, 2.24) is 10.6 Å². The second-order valence-corrected chi connectivity index (χ2v) is 4.81. The Kier molecular flexibility index (Phi) is 5.57. The zero-order valence-electron chi connectivity index (χ0n) is 11.5. The number of primary amides is 1.